The second-order valence-corrected chi connectivity index (χ2v) is 6.35. The van der Waals surface area contributed by atoms with Crippen LogP contribution in [0.4, 0.5) is 0 Å². The van der Waals surface area contributed by atoms with Gasteiger partial charge in [-0.25, -0.2) is 0 Å². The van der Waals surface area contributed by atoms with E-state index < -0.39 is 0 Å². The number of hydrogen-bond donors (Lipinski definition) is 0. The molecule has 4 nitrogen and oxygen atoms in total. The van der Waals surface area contributed by atoms with E-state index in [1.54, 1.807) is 4.90 Å². The third-order valence-corrected chi connectivity index (χ3v) is 4.39. The van der Waals surface area contributed by atoms with E-state index in [0.29, 0.717) is 25.6 Å². The zero-order valence-corrected chi connectivity index (χ0v) is 12.8. The normalized spacial score (nSPS) is 19.4. The fourth-order valence-electron chi connectivity index (χ4n) is 2.56. The van der Waals surface area contributed by atoms with Crippen molar-refractivity contribution in [1.29, 1.82) is 0 Å². The number of halogens is 1. The summed E-state index contributed by atoms with van der Waals surface area (Å²) < 4.78 is 1.00. The maximum atomic E-state index is 12.2. The summed E-state index contributed by atoms with van der Waals surface area (Å²) in [4.78, 5) is 27.9. The van der Waals surface area contributed by atoms with Gasteiger partial charge in [0.2, 0.25) is 11.8 Å². The summed E-state index contributed by atoms with van der Waals surface area (Å²) in [7, 11) is 0. The molecule has 0 atom stereocenters. The van der Waals surface area contributed by atoms with Gasteiger partial charge in [0.1, 0.15) is 0 Å². The molecule has 1 saturated carbocycles. The van der Waals surface area contributed by atoms with Crippen LogP contribution in [0.1, 0.15) is 18.4 Å². The average Bonchev–Trinajstić information content (AvgIpc) is 3.25. The molecule has 1 saturated heterocycles. The number of amides is 2. The first kappa shape index (κ1) is 13.6. The van der Waals surface area contributed by atoms with E-state index in [2.05, 4.69) is 15.9 Å². The monoisotopic (exact) mass is 336 g/mol. The van der Waals surface area contributed by atoms with E-state index in [9.17, 15) is 9.59 Å². The molecule has 1 heterocycles. The van der Waals surface area contributed by atoms with Crippen LogP contribution in [0.25, 0.3) is 0 Å². The van der Waals surface area contributed by atoms with Gasteiger partial charge in [-0.3, -0.25) is 9.59 Å². The topological polar surface area (TPSA) is 40.6 Å². The molecule has 5 heteroatoms. The maximum absolute atomic E-state index is 12.2. The molecule has 0 spiro atoms. The molecule has 1 aliphatic carbocycles. The molecular weight excluding hydrogens is 320 g/mol. The molecule has 2 amide bonds. The van der Waals surface area contributed by atoms with E-state index in [0.717, 1.165) is 22.9 Å². The van der Waals surface area contributed by atoms with Crippen molar-refractivity contribution in [3.8, 4) is 0 Å². The molecule has 0 aromatic heterocycles. The van der Waals surface area contributed by atoms with Crippen molar-refractivity contribution >= 4 is 27.7 Å². The van der Waals surface area contributed by atoms with Gasteiger partial charge in [0.25, 0.3) is 0 Å². The Morgan fingerprint density at radius 2 is 1.90 bits per heavy atom. The number of rotatable bonds is 3. The van der Waals surface area contributed by atoms with E-state index in [1.165, 1.54) is 0 Å². The van der Waals surface area contributed by atoms with Crippen molar-refractivity contribution in [1.82, 2.24) is 9.80 Å². The van der Waals surface area contributed by atoms with Gasteiger partial charge in [-0.2, -0.15) is 0 Å². The maximum Gasteiger partial charge on any atom is 0.242 e. The van der Waals surface area contributed by atoms with Crippen LogP contribution in [-0.2, 0) is 16.0 Å². The molecule has 0 unspecified atom stereocenters. The van der Waals surface area contributed by atoms with Crippen molar-refractivity contribution in [3.63, 3.8) is 0 Å². The minimum atomic E-state index is 0.0381. The third kappa shape index (κ3) is 3.03. The van der Waals surface area contributed by atoms with Crippen LogP contribution in [0.2, 0.25) is 0 Å². The predicted octanol–water partition coefficient (Wildman–Crippen LogP) is 1.82. The van der Waals surface area contributed by atoms with Gasteiger partial charge >= 0.3 is 0 Å². The quantitative estimate of drug-likeness (QED) is 0.844. The third-order valence-electron chi connectivity index (χ3n) is 3.87. The largest absolute Gasteiger partial charge is 0.336 e. The molecule has 0 radical (unpaired) electrons. The molecule has 1 aromatic rings. The standard InChI is InChI=1S/C15H17BrN2O2/c16-12-3-1-11(2-4-12)9-14(19)17-7-8-18(13-5-6-13)15(20)10-17/h1-4,13H,5-10H2. The molecular formula is C15H17BrN2O2. The smallest absolute Gasteiger partial charge is 0.242 e. The highest BCUT2D eigenvalue weighted by atomic mass is 79.9. The molecule has 2 fully saturated rings. The minimum Gasteiger partial charge on any atom is -0.336 e. The molecule has 3 rings (SSSR count). The van der Waals surface area contributed by atoms with Crippen LogP contribution < -0.4 is 0 Å². The predicted molar refractivity (Wildman–Crippen MR) is 79.2 cm³/mol. The Bertz CT molecular complexity index is 525. The summed E-state index contributed by atoms with van der Waals surface area (Å²) in [6, 6.07) is 8.18. The molecule has 0 bridgehead atoms. The number of hydrogen-bond acceptors (Lipinski definition) is 2. The van der Waals surface area contributed by atoms with Crippen LogP contribution >= 0.6 is 15.9 Å². The van der Waals surface area contributed by atoms with Gasteiger partial charge in [0.15, 0.2) is 0 Å². The van der Waals surface area contributed by atoms with Gasteiger partial charge in [0, 0.05) is 23.6 Å². The van der Waals surface area contributed by atoms with Crippen molar-refractivity contribution in [2.75, 3.05) is 19.6 Å². The fraction of sp³-hybridized carbons (Fsp3) is 0.467. The second kappa shape index (κ2) is 5.56. The van der Waals surface area contributed by atoms with Crippen molar-refractivity contribution in [3.05, 3.63) is 34.3 Å². The van der Waals surface area contributed by atoms with Crippen LogP contribution in [0.15, 0.2) is 28.7 Å². The SMILES string of the molecule is O=C(Cc1ccc(Br)cc1)N1CCN(C2CC2)C(=O)C1. The summed E-state index contributed by atoms with van der Waals surface area (Å²) in [5.74, 6) is 0.138. The Labute approximate surface area is 126 Å². The lowest BCUT2D eigenvalue weighted by Crippen LogP contribution is -2.53. The zero-order valence-electron chi connectivity index (χ0n) is 11.2. The summed E-state index contributed by atoms with van der Waals surface area (Å²) in [6.45, 7) is 1.60. The first-order valence-electron chi connectivity index (χ1n) is 6.95. The Morgan fingerprint density at radius 3 is 2.50 bits per heavy atom. The molecule has 1 aromatic carbocycles. The molecule has 0 N–H and O–H groups in total. The molecule has 20 heavy (non-hydrogen) atoms. The Morgan fingerprint density at radius 1 is 1.20 bits per heavy atom. The first-order valence-corrected chi connectivity index (χ1v) is 7.74. The second-order valence-electron chi connectivity index (χ2n) is 5.44. The van der Waals surface area contributed by atoms with E-state index in [4.69, 9.17) is 0 Å². The van der Waals surface area contributed by atoms with Gasteiger partial charge in [-0.05, 0) is 30.5 Å². The van der Waals surface area contributed by atoms with Gasteiger partial charge in [-0.15, -0.1) is 0 Å². The molecule has 1 aliphatic heterocycles. The summed E-state index contributed by atoms with van der Waals surface area (Å²) in [6.07, 6.45) is 2.61. The summed E-state index contributed by atoms with van der Waals surface area (Å²) in [5, 5.41) is 0. The average molecular weight is 337 g/mol. The van der Waals surface area contributed by atoms with Crippen molar-refractivity contribution in [2.45, 2.75) is 25.3 Å². The van der Waals surface area contributed by atoms with Gasteiger partial charge in [0.05, 0.1) is 13.0 Å². The lowest BCUT2D eigenvalue weighted by atomic mass is 10.1. The highest BCUT2D eigenvalue weighted by molar-refractivity contribution is 9.10. The van der Waals surface area contributed by atoms with Crippen LogP contribution in [0.5, 0.6) is 0 Å². The van der Waals surface area contributed by atoms with Crippen LogP contribution in [0.3, 0.4) is 0 Å². The highest BCUT2D eigenvalue weighted by Crippen LogP contribution is 2.28. The fourth-order valence-corrected chi connectivity index (χ4v) is 2.82. The Kier molecular flexibility index (Phi) is 3.78. The Hall–Kier alpha value is -1.36. The lowest BCUT2D eigenvalue weighted by Gasteiger charge is -2.34. The molecule has 106 valence electrons. The summed E-state index contributed by atoms with van der Waals surface area (Å²) >= 11 is 3.38. The van der Waals surface area contributed by atoms with E-state index in [-0.39, 0.29) is 18.4 Å². The van der Waals surface area contributed by atoms with Gasteiger partial charge < -0.3 is 9.80 Å². The van der Waals surface area contributed by atoms with Crippen LogP contribution in [0, 0.1) is 0 Å². The van der Waals surface area contributed by atoms with Gasteiger partial charge in [-0.1, -0.05) is 28.1 Å². The summed E-state index contributed by atoms with van der Waals surface area (Å²) in [5.41, 5.74) is 0.982. The Balaban J connectivity index is 1.57. The lowest BCUT2D eigenvalue weighted by molar-refractivity contribution is -0.145. The number of carbonyl (C=O) groups is 2. The number of nitrogens with zero attached hydrogens (tertiary/aromatic N) is 2. The van der Waals surface area contributed by atoms with E-state index >= 15 is 0 Å². The number of piperazine rings is 1. The van der Waals surface area contributed by atoms with Crippen LogP contribution in [-0.4, -0.2) is 47.3 Å². The molecule has 2 aliphatic rings. The highest BCUT2D eigenvalue weighted by Gasteiger charge is 2.36. The number of benzene rings is 1. The first-order chi connectivity index (χ1) is 9.63. The zero-order chi connectivity index (χ0) is 14.1. The number of carbonyl (C=O) groups excluding carboxylic acids is 2. The van der Waals surface area contributed by atoms with Crippen molar-refractivity contribution < 1.29 is 9.59 Å². The minimum absolute atomic E-state index is 0.0381. The van der Waals surface area contributed by atoms with Crippen molar-refractivity contribution in [2.24, 2.45) is 0 Å². The van der Waals surface area contributed by atoms with E-state index in [1.807, 2.05) is 29.2 Å².